The lowest BCUT2D eigenvalue weighted by atomic mass is 10.1. The molecule has 0 fully saturated rings. The number of hydrogen-bond acceptors (Lipinski definition) is 5. The molecule has 2 N–H and O–H groups in total. The quantitative estimate of drug-likeness (QED) is 0.118. The number of carbonyl (C=O) groups excluding carboxylic acids is 3. The second-order valence-electron chi connectivity index (χ2n) is 8.35. The minimum absolute atomic E-state index is 0.0337. The number of hydrogen-bond donors (Lipinski definition) is 2. The smallest absolute Gasteiger partial charge is 0.272 e. The van der Waals surface area contributed by atoms with Gasteiger partial charge in [-0.05, 0) is 72.3 Å². The van der Waals surface area contributed by atoms with Gasteiger partial charge in [-0.1, -0.05) is 58.4 Å². The van der Waals surface area contributed by atoms with Crippen LogP contribution in [0.1, 0.15) is 26.3 Å². The topological polar surface area (TPSA) is 84.5 Å². The van der Waals surface area contributed by atoms with E-state index >= 15 is 0 Å². The van der Waals surface area contributed by atoms with Crippen molar-refractivity contribution >= 4 is 57.1 Å². The number of anilines is 1. The molecule has 0 saturated heterocycles. The second-order valence-corrected chi connectivity index (χ2v) is 10.3. The normalized spacial score (nSPS) is 11.0. The van der Waals surface area contributed by atoms with Gasteiger partial charge in [-0.3, -0.25) is 14.4 Å². The number of amides is 2. The number of thioether (sulfide) groups is 1. The molecule has 0 bridgehead atoms. The molecule has 0 aliphatic rings. The van der Waals surface area contributed by atoms with Crippen molar-refractivity contribution in [3.05, 3.63) is 130 Å². The number of benzene rings is 4. The molecule has 39 heavy (non-hydrogen) atoms. The number of rotatable bonds is 10. The lowest BCUT2D eigenvalue weighted by Crippen LogP contribution is -2.30. The Kier molecular flexibility index (Phi) is 9.72. The highest BCUT2D eigenvalue weighted by Crippen LogP contribution is 2.23. The number of ether oxygens (including phenoxy) is 1. The summed E-state index contributed by atoms with van der Waals surface area (Å²) in [7, 11) is 1.56. The molecular formula is C31H25BrN2O4S. The van der Waals surface area contributed by atoms with Crippen molar-refractivity contribution in [1.82, 2.24) is 5.32 Å². The van der Waals surface area contributed by atoms with E-state index in [0.717, 1.165) is 9.37 Å². The van der Waals surface area contributed by atoms with Crippen molar-refractivity contribution in [3.63, 3.8) is 0 Å². The Hall–Kier alpha value is -4.14. The fraction of sp³-hybridized carbons (Fsp3) is 0.0645. The van der Waals surface area contributed by atoms with Crippen LogP contribution >= 0.6 is 27.7 Å². The van der Waals surface area contributed by atoms with Gasteiger partial charge in [-0.2, -0.15) is 0 Å². The van der Waals surface area contributed by atoms with E-state index in [9.17, 15) is 14.4 Å². The van der Waals surface area contributed by atoms with Gasteiger partial charge in [-0.15, -0.1) is 11.8 Å². The molecule has 0 aliphatic carbocycles. The zero-order chi connectivity index (χ0) is 27.6. The zero-order valence-electron chi connectivity index (χ0n) is 21.0. The molecule has 4 rings (SSSR count). The first kappa shape index (κ1) is 27.9. The van der Waals surface area contributed by atoms with E-state index in [-0.39, 0.29) is 11.5 Å². The van der Waals surface area contributed by atoms with Crippen LogP contribution < -0.4 is 15.4 Å². The summed E-state index contributed by atoms with van der Waals surface area (Å²) < 4.78 is 6.20. The third-order valence-electron chi connectivity index (χ3n) is 5.58. The molecule has 0 radical (unpaired) electrons. The van der Waals surface area contributed by atoms with Crippen molar-refractivity contribution in [2.75, 3.05) is 18.2 Å². The van der Waals surface area contributed by atoms with Crippen LogP contribution in [0.3, 0.4) is 0 Å². The Morgan fingerprint density at radius 1 is 0.846 bits per heavy atom. The second kappa shape index (κ2) is 13.6. The van der Waals surface area contributed by atoms with E-state index in [4.69, 9.17) is 4.74 Å². The van der Waals surface area contributed by atoms with E-state index in [1.54, 1.807) is 79.9 Å². The van der Waals surface area contributed by atoms with Crippen LogP contribution in [-0.4, -0.2) is 30.5 Å². The Balaban J connectivity index is 1.45. The highest BCUT2D eigenvalue weighted by atomic mass is 79.9. The first-order valence-electron chi connectivity index (χ1n) is 12.0. The molecule has 0 aromatic heterocycles. The van der Waals surface area contributed by atoms with Crippen LogP contribution in [0.25, 0.3) is 6.08 Å². The average molecular weight is 602 g/mol. The molecule has 0 unspecified atom stereocenters. The van der Waals surface area contributed by atoms with Gasteiger partial charge < -0.3 is 15.4 Å². The van der Waals surface area contributed by atoms with Gasteiger partial charge in [0, 0.05) is 26.2 Å². The molecule has 4 aromatic rings. The zero-order valence-corrected chi connectivity index (χ0v) is 23.4. The molecule has 6 nitrogen and oxygen atoms in total. The lowest BCUT2D eigenvalue weighted by Gasteiger charge is -2.12. The first-order valence-corrected chi connectivity index (χ1v) is 13.7. The highest BCUT2D eigenvalue weighted by Gasteiger charge is 2.15. The third kappa shape index (κ3) is 8.17. The number of methoxy groups -OCH3 is 1. The summed E-state index contributed by atoms with van der Waals surface area (Å²) in [6.45, 7) is 0. The van der Waals surface area contributed by atoms with Crippen molar-refractivity contribution in [3.8, 4) is 5.75 Å². The minimum Gasteiger partial charge on any atom is -0.497 e. The first-order chi connectivity index (χ1) is 18.9. The van der Waals surface area contributed by atoms with Crippen molar-refractivity contribution in [1.29, 1.82) is 0 Å². The van der Waals surface area contributed by atoms with Gasteiger partial charge in [0.1, 0.15) is 11.4 Å². The van der Waals surface area contributed by atoms with Gasteiger partial charge in [0.25, 0.3) is 11.8 Å². The van der Waals surface area contributed by atoms with Gasteiger partial charge in [0.15, 0.2) is 5.78 Å². The van der Waals surface area contributed by atoms with E-state index in [1.807, 2.05) is 36.4 Å². The molecule has 4 aromatic carbocycles. The third-order valence-corrected chi connectivity index (χ3v) is 7.12. The number of halogens is 1. The fourth-order valence-electron chi connectivity index (χ4n) is 3.54. The molecule has 196 valence electrons. The predicted octanol–water partition coefficient (Wildman–Crippen LogP) is 6.84. The van der Waals surface area contributed by atoms with E-state index in [2.05, 4.69) is 26.6 Å². The maximum absolute atomic E-state index is 13.2. The molecule has 0 saturated carbocycles. The highest BCUT2D eigenvalue weighted by molar-refractivity contribution is 9.10. The van der Waals surface area contributed by atoms with E-state index in [0.29, 0.717) is 33.9 Å². The molecule has 2 amide bonds. The Morgan fingerprint density at radius 3 is 2.26 bits per heavy atom. The molecule has 0 heterocycles. The summed E-state index contributed by atoms with van der Waals surface area (Å²) in [6.07, 6.45) is 1.59. The standard InChI is InChI=1S/C31H25BrN2O4S/c1-38-26-9-5-6-21(18-26)19-28(34-30(36)23-7-3-2-4-8-23)31(37)33-25-14-16-27(17-15-25)39-20-29(35)22-10-12-24(32)13-11-22/h2-19H,20H2,1H3,(H,33,37)(H,34,36)/b28-19-. The summed E-state index contributed by atoms with van der Waals surface area (Å²) in [5, 5.41) is 5.56. The fourth-order valence-corrected chi connectivity index (χ4v) is 4.60. The van der Waals surface area contributed by atoms with Gasteiger partial charge >= 0.3 is 0 Å². The number of ketones is 1. The number of carbonyl (C=O) groups is 3. The van der Waals surface area contributed by atoms with Crippen molar-refractivity contribution in [2.45, 2.75) is 4.90 Å². The minimum atomic E-state index is -0.479. The summed E-state index contributed by atoms with van der Waals surface area (Å²) >= 11 is 4.79. The van der Waals surface area contributed by atoms with Crippen molar-refractivity contribution in [2.24, 2.45) is 0 Å². The van der Waals surface area contributed by atoms with E-state index < -0.39 is 11.8 Å². The van der Waals surface area contributed by atoms with E-state index in [1.165, 1.54) is 11.8 Å². The SMILES string of the molecule is COc1cccc(/C=C(\NC(=O)c2ccccc2)C(=O)Nc2ccc(SCC(=O)c3ccc(Br)cc3)cc2)c1. The molecule has 0 atom stereocenters. The largest absolute Gasteiger partial charge is 0.497 e. The predicted molar refractivity (Wildman–Crippen MR) is 159 cm³/mol. The summed E-state index contributed by atoms with van der Waals surface area (Å²) in [5.74, 6) is 0.0812. The molecule has 0 spiro atoms. The summed E-state index contributed by atoms with van der Waals surface area (Å²) in [6, 6.07) is 30.3. The van der Waals surface area contributed by atoms with Gasteiger partial charge in [0.2, 0.25) is 0 Å². The van der Waals surface area contributed by atoms with Crippen LogP contribution in [0.15, 0.2) is 118 Å². The number of Topliss-reactive ketones (excluding diaryl/α,β-unsaturated/α-hetero) is 1. The lowest BCUT2D eigenvalue weighted by molar-refractivity contribution is -0.113. The summed E-state index contributed by atoms with van der Waals surface area (Å²) in [5.41, 5.74) is 2.41. The Morgan fingerprint density at radius 2 is 1.56 bits per heavy atom. The van der Waals surface area contributed by atoms with Gasteiger partial charge in [0.05, 0.1) is 12.9 Å². The van der Waals surface area contributed by atoms with Gasteiger partial charge in [-0.25, -0.2) is 0 Å². The maximum Gasteiger partial charge on any atom is 0.272 e. The van der Waals surface area contributed by atoms with Crippen LogP contribution in [0.5, 0.6) is 5.75 Å². The summed E-state index contributed by atoms with van der Waals surface area (Å²) in [4.78, 5) is 39.4. The van der Waals surface area contributed by atoms with Crippen LogP contribution in [0, 0.1) is 0 Å². The molecule has 0 aliphatic heterocycles. The Labute approximate surface area is 239 Å². The van der Waals surface area contributed by atoms with Crippen molar-refractivity contribution < 1.29 is 19.1 Å². The molecular weight excluding hydrogens is 576 g/mol. The van der Waals surface area contributed by atoms with Crippen LogP contribution in [-0.2, 0) is 4.79 Å². The average Bonchev–Trinajstić information content (AvgIpc) is 2.97. The van der Waals surface area contributed by atoms with Crippen LogP contribution in [0.2, 0.25) is 0 Å². The monoisotopic (exact) mass is 600 g/mol. The number of nitrogens with one attached hydrogen (secondary N) is 2. The molecule has 8 heteroatoms. The van der Waals surface area contributed by atoms with Crippen LogP contribution in [0.4, 0.5) is 5.69 Å². The Bertz CT molecular complexity index is 1490. The maximum atomic E-state index is 13.2.